The number of hydrogen-bond acceptors (Lipinski definition) is 9. The lowest BCUT2D eigenvalue weighted by molar-refractivity contribution is 0.00220. The van der Waals surface area contributed by atoms with Crippen molar-refractivity contribution in [3.63, 3.8) is 0 Å². The zero-order valence-electron chi connectivity index (χ0n) is 20.5. The fourth-order valence-electron chi connectivity index (χ4n) is 5.48. The molecule has 2 heterocycles. The first-order valence-electron chi connectivity index (χ1n) is 12.4. The summed E-state index contributed by atoms with van der Waals surface area (Å²) in [5, 5.41) is 73.5. The van der Waals surface area contributed by atoms with Crippen molar-refractivity contribution in [2.24, 2.45) is 0 Å². The Kier molecular flexibility index (Phi) is 5.90. The van der Waals surface area contributed by atoms with Gasteiger partial charge in [-0.15, -0.1) is 0 Å². The molecule has 39 heavy (non-hydrogen) atoms. The number of rotatable bonds is 3. The highest BCUT2D eigenvalue weighted by molar-refractivity contribution is 5.60. The third kappa shape index (κ3) is 4.21. The van der Waals surface area contributed by atoms with Gasteiger partial charge in [-0.1, -0.05) is 30.3 Å². The summed E-state index contributed by atoms with van der Waals surface area (Å²) in [4.78, 5) is 0. The third-order valence-corrected chi connectivity index (χ3v) is 7.38. The molecule has 0 radical (unpaired) electrons. The number of aromatic hydroxyl groups is 5. The van der Waals surface area contributed by atoms with Crippen LogP contribution in [0.2, 0.25) is 0 Å². The monoisotopic (exact) mass is 530 g/mol. The van der Waals surface area contributed by atoms with Crippen molar-refractivity contribution in [3.8, 4) is 40.2 Å². The molecule has 9 heteroatoms. The molecule has 7 N–H and O–H groups in total. The number of benzene rings is 4. The van der Waals surface area contributed by atoms with Gasteiger partial charge in [0.2, 0.25) is 0 Å². The van der Waals surface area contributed by atoms with Gasteiger partial charge in [0.25, 0.3) is 0 Å². The second-order valence-electron chi connectivity index (χ2n) is 9.87. The maximum Gasteiger partial charge on any atom is 0.157 e. The maximum atomic E-state index is 11.7. The third-order valence-electron chi connectivity index (χ3n) is 7.38. The number of aliphatic hydroxyl groups excluding tert-OH is 2. The van der Waals surface area contributed by atoms with Crippen LogP contribution in [0.3, 0.4) is 0 Å². The van der Waals surface area contributed by atoms with Crippen LogP contribution in [0.4, 0.5) is 0 Å². The van der Waals surface area contributed by atoms with E-state index >= 15 is 0 Å². The number of hydrogen-bond donors (Lipinski definition) is 7. The van der Waals surface area contributed by atoms with E-state index in [2.05, 4.69) is 0 Å². The zero-order valence-corrected chi connectivity index (χ0v) is 20.5. The first-order valence-corrected chi connectivity index (χ1v) is 12.4. The SMILES string of the molecule is Oc1ccc(C2Oc3cc(O)ccc3C(c3c(O)ccc4c3OC(c3ccc(O)c(O)c3)C(O)C4)C2O)cc1. The molecule has 4 aromatic carbocycles. The van der Waals surface area contributed by atoms with Gasteiger partial charge < -0.3 is 45.2 Å². The Morgan fingerprint density at radius 3 is 2.05 bits per heavy atom. The Morgan fingerprint density at radius 1 is 0.615 bits per heavy atom. The van der Waals surface area contributed by atoms with E-state index in [1.807, 2.05) is 0 Å². The molecule has 9 nitrogen and oxygen atoms in total. The van der Waals surface area contributed by atoms with Gasteiger partial charge in [0.05, 0.1) is 6.10 Å². The van der Waals surface area contributed by atoms with Gasteiger partial charge in [0, 0.05) is 29.5 Å². The lowest BCUT2D eigenvalue weighted by Crippen LogP contribution is -2.36. The molecular formula is C30H26O9. The molecular weight excluding hydrogens is 504 g/mol. The minimum atomic E-state index is -1.23. The fraction of sp³-hybridized carbons (Fsp3) is 0.200. The standard InChI is InChI=1S/C30H26O9/c31-17-5-1-14(2-6-17)30-27(37)25(19-8-7-18(32)13-24(19)38-30)26-21(34)10-4-16-12-23(36)28(39-29(16)26)15-3-9-20(33)22(35)11-15/h1-11,13,23,25,27-28,30-37H,12H2. The van der Waals surface area contributed by atoms with E-state index in [-0.39, 0.29) is 46.5 Å². The van der Waals surface area contributed by atoms with E-state index in [4.69, 9.17) is 9.47 Å². The summed E-state index contributed by atoms with van der Waals surface area (Å²) >= 11 is 0. The highest BCUT2D eigenvalue weighted by Crippen LogP contribution is 2.53. The molecule has 0 fully saturated rings. The zero-order chi connectivity index (χ0) is 27.4. The van der Waals surface area contributed by atoms with Gasteiger partial charge in [0.1, 0.15) is 41.0 Å². The van der Waals surface area contributed by atoms with Crippen molar-refractivity contribution < 1.29 is 45.2 Å². The average Bonchev–Trinajstić information content (AvgIpc) is 2.91. The Hall–Kier alpha value is -4.60. The lowest BCUT2D eigenvalue weighted by atomic mass is 9.78. The van der Waals surface area contributed by atoms with Crippen molar-refractivity contribution in [2.45, 2.75) is 36.8 Å². The molecule has 0 saturated carbocycles. The molecule has 4 aromatic rings. The van der Waals surface area contributed by atoms with Gasteiger partial charge in [-0.25, -0.2) is 0 Å². The van der Waals surface area contributed by atoms with E-state index in [1.165, 1.54) is 48.5 Å². The molecule has 5 unspecified atom stereocenters. The number of phenolic OH excluding ortho intramolecular Hbond substituents is 5. The van der Waals surface area contributed by atoms with Crippen LogP contribution in [0.15, 0.2) is 72.8 Å². The molecule has 0 bridgehead atoms. The summed E-state index contributed by atoms with van der Waals surface area (Å²) in [6.45, 7) is 0. The van der Waals surface area contributed by atoms with Crippen molar-refractivity contribution in [1.82, 2.24) is 0 Å². The summed E-state index contributed by atoms with van der Waals surface area (Å²) in [5.74, 6) is -1.11. The van der Waals surface area contributed by atoms with E-state index in [0.717, 1.165) is 0 Å². The van der Waals surface area contributed by atoms with Gasteiger partial charge in [-0.3, -0.25) is 0 Å². The lowest BCUT2D eigenvalue weighted by Gasteiger charge is -2.40. The summed E-state index contributed by atoms with van der Waals surface area (Å²) in [7, 11) is 0. The summed E-state index contributed by atoms with van der Waals surface area (Å²) in [5.41, 5.74) is 2.37. The molecule has 0 aromatic heterocycles. The number of phenols is 5. The van der Waals surface area contributed by atoms with E-state index < -0.39 is 30.3 Å². The molecule has 2 aliphatic heterocycles. The van der Waals surface area contributed by atoms with Gasteiger partial charge in [0.15, 0.2) is 17.6 Å². The molecule has 0 spiro atoms. The Labute approximate surface area is 223 Å². The van der Waals surface area contributed by atoms with Crippen LogP contribution in [0, 0.1) is 0 Å². The second kappa shape index (κ2) is 9.30. The largest absolute Gasteiger partial charge is 0.508 e. The summed E-state index contributed by atoms with van der Waals surface area (Å²) in [6.07, 6.45) is -3.91. The highest BCUT2D eigenvalue weighted by atomic mass is 16.5. The van der Waals surface area contributed by atoms with E-state index in [9.17, 15) is 35.7 Å². The minimum absolute atomic E-state index is 0.0424. The van der Waals surface area contributed by atoms with Crippen LogP contribution in [0.5, 0.6) is 40.2 Å². The number of fused-ring (bicyclic) bond motifs is 2. The molecule has 0 amide bonds. The van der Waals surface area contributed by atoms with Gasteiger partial charge in [-0.2, -0.15) is 0 Å². The summed E-state index contributed by atoms with van der Waals surface area (Å²) in [6, 6.07) is 17.9. The maximum absolute atomic E-state index is 11.7. The van der Waals surface area contributed by atoms with Crippen molar-refractivity contribution in [2.75, 3.05) is 0 Å². The average molecular weight is 531 g/mol. The van der Waals surface area contributed by atoms with Gasteiger partial charge >= 0.3 is 0 Å². The Balaban J connectivity index is 1.50. The van der Waals surface area contributed by atoms with E-state index in [1.54, 1.807) is 24.3 Å². The van der Waals surface area contributed by atoms with Crippen molar-refractivity contribution >= 4 is 0 Å². The number of aliphatic hydroxyl groups is 2. The van der Waals surface area contributed by atoms with Crippen LogP contribution in [0.1, 0.15) is 45.9 Å². The molecule has 5 atom stereocenters. The van der Waals surface area contributed by atoms with Gasteiger partial charge in [-0.05, 0) is 53.1 Å². The molecule has 6 rings (SSSR count). The topological polar surface area (TPSA) is 160 Å². The van der Waals surface area contributed by atoms with Crippen molar-refractivity contribution in [3.05, 3.63) is 101 Å². The smallest absolute Gasteiger partial charge is 0.157 e. The first kappa shape index (κ1) is 24.7. The quantitative estimate of drug-likeness (QED) is 0.195. The second-order valence-corrected chi connectivity index (χ2v) is 9.87. The molecule has 0 aliphatic carbocycles. The minimum Gasteiger partial charge on any atom is -0.508 e. The molecule has 0 saturated heterocycles. The normalized spacial score (nSPS) is 23.7. The number of ether oxygens (including phenoxy) is 2. The van der Waals surface area contributed by atoms with Crippen molar-refractivity contribution in [1.29, 1.82) is 0 Å². The fourth-order valence-corrected chi connectivity index (χ4v) is 5.48. The molecule has 200 valence electrons. The predicted octanol–water partition coefficient (Wildman–Crippen LogP) is 3.88. The van der Waals surface area contributed by atoms with Crippen LogP contribution in [-0.2, 0) is 6.42 Å². The summed E-state index contributed by atoms with van der Waals surface area (Å²) < 4.78 is 12.4. The molecule has 2 aliphatic rings. The van der Waals surface area contributed by atoms with Crippen LogP contribution in [0.25, 0.3) is 0 Å². The Bertz CT molecular complexity index is 1550. The van der Waals surface area contributed by atoms with E-state index in [0.29, 0.717) is 28.0 Å². The first-order chi connectivity index (χ1) is 18.7. The van der Waals surface area contributed by atoms with Crippen LogP contribution >= 0.6 is 0 Å². The van der Waals surface area contributed by atoms with Crippen LogP contribution < -0.4 is 9.47 Å². The van der Waals surface area contributed by atoms with Crippen LogP contribution in [-0.4, -0.2) is 48.0 Å². The predicted molar refractivity (Wildman–Crippen MR) is 138 cm³/mol. The highest BCUT2D eigenvalue weighted by Gasteiger charge is 2.44. The Morgan fingerprint density at radius 2 is 1.31 bits per heavy atom.